The number of nitrogens with one attached hydrogen (secondary N) is 1. The van der Waals surface area contributed by atoms with Crippen LogP contribution in [0.1, 0.15) is 17.0 Å². The summed E-state index contributed by atoms with van der Waals surface area (Å²) >= 11 is 1.90. The summed E-state index contributed by atoms with van der Waals surface area (Å²) in [5.74, 6) is 2.86. The van der Waals surface area contributed by atoms with E-state index in [0.717, 1.165) is 18.1 Å². The van der Waals surface area contributed by atoms with Gasteiger partial charge in [0.2, 0.25) is 0 Å². The second-order valence-corrected chi connectivity index (χ2v) is 4.86. The van der Waals surface area contributed by atoms with Crippen molar-refractivity contribution in [1.29, 1.82) is 0 Å². The second kappa shape index (κ2) is 4.81. The highest BCUT2D eigenvalue weighted by Gasteiger charge is 2.19. The van der Waals surface area contributed by atoms with Crippen LogP contribution in [-0.4, -0.2) is 39.4 Å². The molecule has 1 aliphatic rings. The molecule has 4 nitrogen and oxygen atoms in total. The number of nitrogens with zero attached hydrogens (tertiary/aromatic N) is 2. The minimum atomic E-state index is 0.127. The summed E-state index contributed by atoms with van der Waals surface area (Å²) in [6.45, 7) is 1.00. The molecule has 5 heteroatoms. The smallest absolute Gasteiger partial charge is 0.199 e. The van der Waals surface area contributed by atoms with E-state index in [4.69, 9.17) is 0 Å². The molecule has 1 saturated heterocycles. The third-order valence-electron chi connectivity index (χ3n) is 2.50. The molecule has 1 aromatic rings. The van der Waals surface area contributed by atoms with E-state index in [1.54, 1.807) is 17.0 Å². The number of rotatable bonds is 3. The number of carbonyl (C=O) groups excluding carboxylic acids is 1. The molecule has 0 aromatic carbocycles. The van der Waals surface area contributed by atoms with Crippen LogP contribution in [-0.2, 0) is 7.05 Å². The first kappa shape index (κ1) is 10.7. The zero-order valence-corrected chi connectivity index (χ0v) is 9.59. The minimum absolute atomic E-state index is 0.127. The van der Waals surface area contributed by atoms with Gasteiger partial charge in [-0.25, -0.2) is 4.98 Å². The quantitative estimate of drug-likeness (QED) is 0.769. The van der Waals surface area contributed by atoms with Gasteiger partial charge in [-0.3, -0.25) is 4.79 Å². The molecule has 1 N–H and O–H groups in total. The van der Waals surface area contributed by atoms with Gasteiger partial charge in [0.1, 0.15) is 0 Å². The predicted molar refractivity (Wildman–Crippen MR) is 61.3 cm³/mol. The van der Waals surface area contributed by atoms with Crippen molar-refractivity contribution in [3.63, 3.8) is 0 Å². The SMILES string of the molecule is Cn1ccnc1C(=O)CC1CSCCN1. The van der Waals surface area contributed by atoms with Crippen LogP contribution in [0.15, 0.2) is 12.4 Å². The molecule has 0 amide bonds. The molecular weight excluding hydrogens is 210 g/mol. The van der Waals surface area contributed by atoms with Gasteiger partial charge in [0.25, 0.3) is 0 Å². The van der Waals surface area contributed by atoms with Crippen LogP contribution in [0.5, 0.6) is 0 Å². The lowest BCUT2D eigenvalue weighted by molar-refractivity contribution is 0.0959. The Bertz CT molecular complexity index is 344. The molecule has 0 radical (unpaired) electrons. The topological polar surface area (TPSA) is 46.9 Å². The number of aryl methyl sites for hydroxylation is 1. The first-order valence-electron chi connectivity index (χ1n) is 5.09. The molecule has 1 fully saturated rings. The molecule has 15 heavy (non-hydrogen) atoms. The highest BCUT2D eigenvalue weighted by atomic mass is 32.2. The molecule has 2 heterocycles. The van der Waals surface area contributed by atoms with E-state index in [2.05, 4.69) is 10.3 Å². The summed E-state index contributed by atoms with van der Waals surface area (Å²) in [5, 5.41) is 3.35. The van der Waals surface area contributed by atoms with Crippen molar-refractivity contribution in [2.75, 3.05) is 18.1 Å². The maximum Gasteiger partial charge on any atom is 0.199 e. The maximum absolute atomic E-state index is 11.9. The van der Waals surface area contributed by atoms with E-state index in [9.17, 15) is 4.79 Å². The lowest BCUT2D eigenvalue weighted by Gasteiger charge is -2.22. The summed E-state index contributed by atoms with van der Waals surface area (Å²) in [6, 6.07) is 0.313. The van der Waals surface area contributed by atoms with Gasteiger partial charge in [-0.15, -0.1) is 0 Å². The molecule has 2 rings (SSSR count). The van der Waals surface area contributed by atoms with Gasteiger partial charge < -0.3 is 9.88 Å². The van der Waals surface area contributed by atoms with Gasteiger partial charge in [0, 0.05) is 50.0 Å². The zero-order valence-electron chi connectivity index (χ0n) is 8.77. The molecule has 1 atom stereocenters. The molecule has 0 saturated carbocycles. The first-order chi connectivity index (χ1) is 7.27. The van der Waals surface area contributed by atoms with Crippen molar-refractivity contribution in [2.45, 2.75) is 12.5 Å². The van der Waals surface area contributed by atoms with Crippen LogP contribution >= 0.6 is 11.8 Å². The number of hydrogen-bond donors (Lipinski definition) is 1. The fourth-order valence-electron chi connectivity index (χ4n) is 1.70. The molecule has 0 spiro atoms. The van der Waals surface area contributed by atoms with E-state index in [1.807, 2.05) is 18.8 Å². The normalized spacial score (nSPS) is 21.5. The lowest BCUT2D eigenvalue weighted by atomic mass is 10.1. The summed E-state index contributed by atoms with van der Waals surface area (Å²) < 4.78 is 1.78. The van der Waals surface area contributed by atoms with E-state index in [1.165, 1.54) is 0 Å². The number of aromatic nitrogens is 2. The molecular formula is C10H15N3OS. The van der Waals surface area contributed by atoms with Gasteiger partial charge in [0.05, 0.1) is 0 Å². The molecule has 0 aliphatic carbocycles. The van der Waals surface area contributed by atoms with Crippen LogP contribution in [0.4, 0.5) is 0 Å². The largest absolute Gasteiger partial charge is 0.332 e. The first-order valence-corrected chi connectivity index (χ1v) is 6.24. The summed E-state index contributed by atoms with van der Waals surface area (Å²) in [7, 11) is 1.85. The predicted octanol–water partition coefficient (Wildman–Crippen LogP) is 0.698. The van der Waals surface area contributed by atoms with Gasteiger partial charge in [-0.05, 0) is 0 Å². The Balaban J connectivity index is 1.94. The van der Waals surface area contributed by atoms with Crippen molar-refractivity contribution in [2.24, 2.45) is 7.05 Å². The monoisotopic (exact) mass is 225 g/mol. The van der Waals surface area contributed by atoms with Crippen molar-refractivity contribution >= 4 is 17.5 Å². The molecule has 82 valence electrons. The average Bonchev–Trinajstić information content (AvgIpc) is 2.66. The fourth-order valence-corrected chi connectivity index (χ4v) is 2.65. The molecule has 1 aromatic heterocycles. The average molecular weight is 225 g/mol. The Kier molecular flexibility index (Phi) is 3.43. The van der Waals surface area contributed by atoms with Crippen LogP contribution in [0.2, 0.25) is 0 Å². The maximum atomic E-state index is 11.9. The fraction of sp³-hybridized carbons (Fsp3) is 0.600. The Morgan fingerprint density at radius 2 is 2.67 bits per heavy atom. The Morgan fingerprint density at radius 3 is 3.27 bits per heavy atom. The second-order valence-electron chi connectivity index (χ2n) is 3.72. The van der Waals surface area contributed by atoms with Crippen molar-refractivity contribution in [3.8, 4) is 0 Å². The Labute approximate surface area is 93.5 Å². The zero-order chi connectivity index (χ0) is 10.7. The van der Waals surface area contributed by atoms with Crippen molar-refractivity contribution < 1.29 is 4.79 Å². The van der Waals surface area contributed by atoms with Gasteiger partial charge in [-0.2, -0.15) is 11.8 Å². The Hall–Kier alpha value is -0.810. The van der Waals surface area contributed by atoms with Crippen LogP contribution in [0, 0.1) is 0 Å². The van der Waals surface area contributed by atoms with E-state index in [0.29, 0.717) is 18.3 Å². The number of ketones is 1. The summed E-state index contributed by atoms with van der Waals surface area (Å²) in [4.78, 5) is 15.9. The number of carbonyl (C=O) groups is 1. The summed E-state index contributed by atoms with van der Waals surface area (Å²) in [6.07, 6.45) is 4.02. The Morgan fingerprint density at radius 1 is 1.80 bits per heavy atom. The highest BCUT2D eigenvalue weighted by Crippen LogP contribution is 2.12. The number of imidazole rings is 1. The molecule has 1 aliphatic heterocycles. The van der Waals surface area contributed by atoms with Crippen LogP contribution in [0.25, 0.3) is 0 Å². The third-order valence-corrected chi connectivity index (χ3v) is 3.63. The van der Waals surface area contributed by atoms with E-state index in [-0.39, 0.29) is 5.78 Å². The summed E-state index contributed by atoms with van der Waals surface area (Å²) in [5.41, 5.74) is 0. The van der Waals surface area contributed by atoms with Gasteiger partial charge >= 0.3 is 0 Å². The van der Waals surface area contributed by atoms with E-state index >= 15 is 0 Å². The minimum Gasteiger partial charge on any atom is -0.332 e. The third kappa shape index (κ3) is 2.60. The molecule has 1 unspecified atom stereocenters. The highest BCUT2D eigenvalue weighted by molar-refractivity contribution is 7.99. The number of thioether (sulfide) groups is 1. The van der Waals surface area contributed by atoms with Crippen LogP contribution < -0.4 is 5.32 Å². The van der Waals surface area contributed by atoms with Crippen molar-refractivity contribution in [1.82, 2.24) is 14.9 Å². The van der Waals surface area contributed by atoms with E-state index < -0.39 is 0 Å². The number of hydrogen-bond acceptors (Lipinski definition) is 4. The van der Waals surface area contributed by atoms with Crippen molar-refractivity contribution in [3.05, 3.63) is 18.2 Å². The lowest BCUT2D eigenvalue weighted by Crippen LogP contribution is -2.39. The van der Waals surface area contributed by atoms with Crippen LogP contribution in [0.3, 0.4) is 0 Å². The van der Waals surface area contributed by atoms with Gasteiger partial charge in [0.15, 0.2) is 11.6 Å². The standard InChI is InChI=1S/C10H15N3OS/c1-13-4-2-12-10(13)9(14)6-8-7-15-5-3-11-8/h2,4,8,11H,3,5-7H2,1H3. The van der Waals surface area contributed by atoms with Gasteiger partial charge in [-0.1, -0.05) is 0 Å². The number of Topliss-reactive ketones (excluding diaryl/α,β-unsaturated/α-hetero) is 1. The molecule has 0 bridgehead atoms.